The summed E-state index contributed by atoms with van der Waals surface area (Å²) < 4.78 is 0. The van der Waals surface area contributed by atoms with E-state index < -0.39 is 11.6 Å². The van der Waals surface area contributed by atoms with Crippen molar-refractivity contribution in [3.05, 3.63) is 23.5 Å². The smallest absolute Gasteiger partial charge is 0.227 e. The second-order valence-electron chi connectivity index (χ2n) is 3.51. The first-order valence-corrected chi connectivity index (χ1v) is 5.15. The molecule has 0 atom stereocenters. The predicted molar refractivity (Wildman–Crippen MR) is 58.5 cm³/mol. The van der Waals surface area contributed by atoms with Crippen LogP contribution in [0.3, 0.4) is 0 Å². The standard InChI is InChI=1S/C10H16N2O5/c13-3-1-11-7-6-10(16,17)9(5-8(7)15)12-2-4-14/h5-6,11-14,16-17H,1-4H2. The predicted octanol–water partition coefficient (Wildman–Crippen LogP) is -2.82. The molecular formula is C10H16N2O5. The summed E-state index contributed by atoms with van der Waals surface area (Å²) in [4.78, 5) is 11.5. The van der Waals surface area contributed by atoms with E-state index >= 15 is 0 Å². The number of aliphatic hydroxyl groups is 4. The first-order valence-electron chi connectivity index (χ1n) is 5.15. The van der Waals surface area contributed by atoms with Gasteiger partial charge in [-0.15, -0.1) is 0 Å². The van der Waals surface area contributed by atoms with E-state index in [9.17, 15) is 15.0 Å². The number of nitrogens with one attached hydrogen (secondary N) is 2. The van der Waals surface area contributed by atoms with Gasteiger partial charge in [0, 0.05) is 25.2 Å². The molecular weight excluding hydrogens is 228 g/mol. The van der Waals surface area contributed by atoms with Crippen molar-refractivity contribution in [2.45, 2.75) is 5.79 Å². The van der Waals surface area contributed by atoms with E-state index in [1.807, 2.05) is 0 Å². The topological polar surface area (TPSA) is 122 Å². The monoisotopic (exact) mass is 244 g/mol. The lowest BCUT2D eigenvalue weighted by Crippen LogP contribution is -2.42. The number of carbonyl (C=O) groups excluding carboxylic acids is 1. The van der Waals surface area contributed by atoms with Crippen molar-refractivity contribution >= 4 is 5.78 Å². The average molecular weight is 244 g/mol. The lowest BCUT2D eigenvalue weighted by molar-refractivity contribution is -0.116. The van der Waals surface area contributed by atoms with Crippen molar-refractivity contribution in [3.8, 4) is 0 Å². The van der Waals surface area contributed by atoms with Crippen LogP contribution in [0, 0.1) is 0 Å². The molecule has 6 N–H and O–H groups in total. The van der Waals surface area contributed by atoms with Gasteiger partial charge < -0.3 is 31.1 Å². The molecule has 1 aliphatic carbocycles. The van der Waals surface area contributed by atoms with E-state index in [1.54, 1.807) is 0 Å². The van der Waals surface area contributed by atoms with Crippen LogP contribution in [-0.2, 0) is 4.79 Å². The number of hydrogen-bond donors (Lipinski definition) is 6. The number of allylic oxidation sites excluding steroid dienone is 1. The Morgan fingerprint density at radius 2 is 1.71 bits per heavy atom. The van der Waals surface area contributed by atoms with Gasteiger partial charge in [-0.25, -0.2) is 0 Å². The van der Waals surface area contributed by atoms with Crippen LogP contribution < -0.4 is 10.6 Å². The highest BCUT2D eigenvalue weighted by Gasteiger charge is 2.32. The molecule has 0 aromatic carbocycles. The Labute approximate surface area is 98.1 Å². The average Bonchev–Trinajstić information content (AvgIpc) is 2.27. The molecule has 1 rings (SSSR count). The van der Waals surface area contributed by atoms with Crippen LogP contribution in [0.15, 0.2) is 23.5 Å². The maximum atomic E-state index is 11.5. The molecule has 0 fully saturated rings. The first kappa shape index (κ1) is 13.7. The second-order valence-corrected chi connectivity index (χ2v) is 3.51. The highest BCUT2D eigenvalue weighted by molar-refractivity contribution is 6.05. The molecule has 7 heteroatoms. The molecule has 0 saturated heterocycles. The van der Waals surface area contributed by atoms with Crippen molar-refractivity contribution in [2.24, 2.45) is 0 Å². The molecule has 7 nitrogen and oxygen atoms in total. The van der Waals surface area contributed by atoms with Crippen molar-refractivity contribution in [1.29, 1.82) is 0 Å². The Morgan fingerprint density at radius 3 is 2.29 bits per heavy atom. The molecule has 17 heavy (non-hydrogen) atoms. The van der Waals surface area contributed by atoms with Gasteiger partial charge in [0.15, 0.2) is 0 Å². The molecule has 0 amide bonds. The minimum Gasteiger partial charge on any atom is -0.395 e. The van der Waals surface area contributed by atoms with Crippen LogP contribution in [0.25, 0.3) is 0 Å². The highest BCUT2D eigenvalue weighted by Crippen LogP contribution is 2.20. The molecule has 0 unspecified atom stereocenters. The Hall–Kier alpha value is -1.41. The fourth-order valence-electron chi connectivity index (χ4n) is 1.37. The fourth-order valence-corrected chi connectivity index (χ4v) is 1.37. The minimum atomic E-state index is -2.29. The van der Waals surface area contributed by atoms with E-state index in [0.717, 1.165) is 12.2 Å². The van der Waals surface area contributed by atoms with Crippen molar-refractivity contribution in [3.63, 3.8) is 0 Å². The zero-order valence-corrected chi connectivity index (χ0v) is 9.18. The summed E-state index contributed by atoms with van der Waals surface area (Å²) in [5.41, 5.74) is -0.0790. The summed E-state index contributed by atoms with van der Waals surface area (Å²) >= 11 is 0. The SMILES string of the molecule is O=C1C=C(NCCO)C(O)(O)C=C1NCCO. The summed E-state index contributed by atoms with van der Waals surface area (Å²) in [6.45, 7) is -0.120. The molecule has 0 aromatic heterocycles. The first-order chi connectivity index (χ1) is 8.01. The van der Waals surface area contributed by atoms with Gasteiger partial charge in [-0.2, -0.15) is 0 Å². The Bertz CT molecular complexity index is 349. The molecule has 0 spiro atoms. The zero-order valence-electron chi connectivity index (χ0n) is 9.18. The number of hydrogen-bond acceptors (Lipinski definition) is 7. The van der Waals surface area contributed by atoms with E-state index in [4.69, 9.17) is 10.2 Å². The van der Waals surface area contributed by atoms with Crippen molar-refractivity contribution < 1.29 is 25.2 Å². The van der Waals surface area contributed by atoms with Crippen LogP contribution in [0.5, 0.6) is 0 Å². The van der Waals surface area contributed by atoms with Gasteiger partial charge in [0.05, 0.1) is 24.6 Å². The van der Waals surface area contributed by atoms with E-state index in [0.29, 0.717) is 0 Å². The molecule has 0 saturated carbocycles. The molecule has 0 aromatic rings. The quantitative estimate of drug-likeness (QED) is 0.279. The van der Waals surface area contributed by atoms with Crippen LogP contribution in [0.1, 0.15) is 0 Å². The van der Waals surface area contributed by atoms with Gasteiger partial charge in [0.2, 0.25) is 11.6 Å². The Balaban J connectivity index is 2.78. The molecule has 1 aliphatic rings. The van der Waals surface area contributed by atoms with E-state index in [2.05, 4.69) is 10.6 Å². The van der Waals surface area contributed by atoms with Gasteiger partial charge in [0.1, 0.15) is 0 Å². The highest BCUT2D eigenvalue weighted by atomic mass is 16.5. The summed E-state index contributed by atoms with van der Waals surface area (Å²) in [7, 11) is 0. The van der Waals surface area contributed by atoms with Gasteiger partial charge in [-0.1, -0.05) is 0 Å². The largest absolute Gasteiger partial charge is 0.395 e. The number of rotatable bonds is 6. The molecule has 0 bridgehead atoms. The number of ketones is 1. The van der Waals surface area contributed by atoms with Crippen LogP contribution >= 0.6 is 0 Å². The zero-order chi connectivity index (χ0) is 12.9. The molecule has 0 radical (unpaired) electrons. The fraction of sp³-hybridized carbons (Fsp3) is 0.500. The Kier molecular flexibility index (Phi) is 4.64. The van der Waals surface area contributed by atoms with Crippen molar-refractivity contribution in [1.82, 2.24) is 10.6 Å². The van der Waals surface area contributed by atoms with Gasteiger partial charge >= 0.3 is 0 Å². The lowest BCUT2D eigenvalue weighted by Gasteiger charge is -2.27. The third kappa shape index (κ3) is 3.53. The van der Waals surface area contributed by atoms with Crippen LogP contribution in [-0.4, -0.2) is 58.3 Å². The van der Waals surface area contributed by atoms with E-state index in [-0.39, 0.29) is 37.7 Å². The van der Waals surface area contributed by atoms with E-state index in [1.165, 1.54) is 0 Å². The van der Waals surface area contributed by atoms with Gasteiger partial charge in [-0.3, -0.25) is 4.79 Å². The van der Waals surface area contributed by atoms with Gasteiger partial charge in [-0.05, 0) is 0 Å². The summed E-state index contributed by atoms with van der Waals surface area (Å²) in [5, 5.41) is 41.6. The van der Waals surface area contributed by atoms with Gasteiger partial charge in [0.25, 0.3) is 0 Å². The van der Waals surface area contributed by atoms with Crippen LogP contribution in [0.4, 0.5) is 0 Å². The lowest BCUT2D eigenvalue weighted by atomic mass is 10.0. The summed E-state index contributed by atoms with van der Waals surface area (Å²) in [6, 6.07) is 0. The minimum absolute atomic E-state index is 0.0126. The third-order valence-electron chi connectivity index (χ3n) is 2.14. The molecule has 0 aliphatic heterocycles. The maximum absolute atomic E-state index is 11.5. The normalized spacial score (nSPS) is 18.5. The third-order valence-corrected chi connectivity index (χ3v) is 2.14. The van der Waals surface area contributed by atoms with Crippen LogP contribution in [0.2, 0.25) is 0 Å². The summed E-state index contributed by atoms with van der Waals surface area (Å²) in [6.07, 6.45) is 1.99. The Morgan fingerprint density at radius 1 is 1.12 bits per heavy atom. The molecule has 96 valence electrons. The molecule has 0 heterocycles. The second kappa shape index (κ2) is 5.78. The maximum Gasteiger partial charge on any atom is 0.227 e. The van der Waals surface area contributed by atoms with Crippen molar-refractivity contribution in [2.75, 3.05) is 26.3 Å². The number of aliphatic hydroxyl groups excluding tert-OH is 2. The number of carbonyl (C=O) groups is 1. The summed E-state index contributed by atoms with van der Waals surface area (Å²) in [5.74, 6) is -2.72.